The first-order valence-electron chi connectivity index (χ1n) is 6.36. The van der Waals surface area contributed by atoms with Crippen LogP contribution in [0, 0.1) is 5.92 Å². The molecule has 0 bridgehead atoms. The number of ether oxygens (including phenoxy) is 1. The van der Waals surface area contributed by atoms with Gasteiger partial charge in [0.2, 0.25) is 0 Å². The van der Waals surface area contributed by atoms with Gasteiger partial charge in [0.05, 0.1) is 6.61 Å². The lowest BCUT2D eigenvalue weighted by atomic mass is 10.0. The molecule has 94 valence electrons. The summed E-state index contributed by atoms with van der Waals surface area (Å²) in [6.45, 7) is 4.90. The maximum Gasteiger partial charge on any atom is 0.115 e. The fourth-order valence-electron chi connectivity index (χ4n) is 2.22. The smallest absolute Gasteiger partial charge is 0.115 e. The molecule has 1 aromatic carbocycles. The minimum absolute atomic E-state index is 0.268. The molecule has 1 aliphatic rings. The molecule has 1 saturated heterocycles. The first kappa shape index (κ1) is 12.4. The summed E-state index contributed by atoms with van der Waals surface area (Å²) in [5.74, 6) is 0.959. The van der Waals surface area contributed by atoms with Crippen LogP contribution >= 0.6 is 0 Å². The van der Waals surface area contributed by atoms with Crippen molar-refractivity contribution >= 4 is 0 Å². The van der Waals surface area contributed by atoms with Crippen LogP contribution in [-0.2, 0) is 4.74 Å². The van der Waals surface area contributed by atoms with Crippen molar-refractivity contribution in [1.82, 2.24) is 5.32 Å². The largest absolute Gasteiger partial charge is 0.508 e. The molecule has 1 aliphatic heterocycles. The quantitative estimate of drug-likeness (QED) is 0.842. The highest BCUT2D eigenvalue weighted by Gasteiger charge is 2.15. The van der Waals surface area contributed by atoms with Crippen molar-refractivity contribution in [3.05, 3.63) is 29.8 Å². The number of hydrogen-bond donors (Lipinski definition) is 2. The standard InChI is InChI=1S/C14H21NO2/c1-11(13-5-2-6-14(16)8-13)15-9-12-4-3-7-17-10-12/h2,5-6,8,11-12,15-16H,3-4,7,9-10H2,1H3. The Hall–Kier alpha value is -1.06. The van der Waals surface area contributed by atoms with Gasteiger partial charge in [0.25, 0.3) is 0 Å². The molecule has 0 amide bonds. The molecule has 0 saturated carbocycles. The Morgan fingerprint density at radius 3 is 3.12 bits per heavy atom. The van der Waals surface area contributed by atoms with Gasteiger partial charge in [-0.1, -0.05) is 12.1 Å². The van der Waals surface area contributed by atoms with E-state index < -0.39 is 0 Å². The van der Waals surface area contributed by atoms with Gasteiger partial charge in [0.15, 0.2) is 0 Å². The normalized spacial score (nSPS) is 22.3. The summed E-state index contributed by atoms with van der Waals surface area (Å²) >= 11 is 0. The SMILES string of the molecule is CC(NCC1CCCOC1)c1cccc(O)c1. The number of phenols is 1. The van der Waals surface area contributed by atoms with E-state index in [9.17, 15) is 5.11 Å². The van der Waals surface area contributed by atoms with Crippen molar-refractivity contribution < 1.29 is 9.84 Å². The number of benzene rings is 1. The summed E-state index contributed by atoms with van der Waals surface area (Å²) in [5.41, 5.74) is 1.13. The number of nitrogens with one attached hydrogen (secondary N) is 1. The molecule has 2 unspecified atom stereocenters. The second kappa shape index (κ2) is 6.03. The Morgan fingerprint density at radius 1 is 1.53 bits per heavy atom. The fourth-order valence-corrected chi connectivity index (χ4v) is 2.22. The van der Waals surface area contributed by atoms with Crippen molar-refractivity contribution in [3.63, 3.8) is 0 Å². The highest BCUT2D eigenvalue weighted by atomic mass is 16.5. The zero-order valence-corrected chi connectivity index (χ0v) is 10.4. The Bertz CT molecular complexity index is 348. The van der Waals surface area contributed by atoms with Gasteiger partial charge in [0, 0.05) is 19.2 Å². The third kappa shape index (κ3) is 3.72. The third-order valence-electron chi connectivity index (χ3n) is 3.34. The van der Waals surface area contributed by atoms with E-state index >= 15 is 0 Å². The minimum Gasteiger partial charge on any atom is -0.508 e. The van der Waals surface area contributed by atoms with Crippen LogP contribution in [-0.4, -0.2) is 24.9 Å². The predicted molar refractivity (Wildman–Crippen MR) is 68.1 cm³/mol. The first-order valence-corrected chi connectivity index (χ1v) is 6.36. The summed E-state index contributed by atoms with van der Waals surface area (Å²) in [5, 5.41) is 12.9. The molecule has 2 rings (SSSR count). The molecule has 17 heavy (non-hydrogen) atoms. The molecule has 0 spiro atoms. The van der Waals surface area contributed by atoms with Gasteiger partial charge in [-0.25, -0.2) is 0 Å². The van der Waals surface area contributed by atoms with E-state index in [-0.39, 0.29) is 6.04 Å². The molecule has 2 atom stereocenters. The van der Waals surface area contributed by atoms with Gasteiger partial charge in [0.1, 0.15) is 5.75 Å². The van der Waals surface area contributed by atoms with Crippen LogP contribution in [0.25, 0.3) is 0 Å². The molecule has 1 heterocycles. The number of aromatic hydroxyl groups is 1. The summed E-state index contributed by atoms with van der Waals surface area (Å²) in [6, 6.07) is 7.70. The topological polar surface area (TPSA) is 41.5 Å². The summed E-state index contributed by atoms with van der Waals surface area (Å²) < 4.78 is 5.46. The van der Waals surface area contributed by atoms with Crippen LogP contribution in [0.5, 0.6) is 5.75 Å². The molecular weight excluding hydrogens is 214 g/mol. The Balaban J connectivity index is 1.82. The lowest BCUT2D eigenvalue weighted by molar-refractivity contribution is 0.0540. The van der Waals surface area contributed by atoms with Crippen LogP contribution in [0.1, 0.15) is 31.4 Å². The Kier molecular flexibility index (Phi) is 4.40. The molecule has 0 radical (unpaired) electrons. The van der Waals surface area contributed by atoms with Crippen molar-refractivity contribution in [3.8, 4) is 5.75 Å². The van der Waals surface area contributed by atoms with Crippen LogP contribution in [0.3, 0.4) is 0 Å². The van der Waals surface area contributed by atoms with Gasteiger partial charge in [-0.05, 0) is 43.4 Å². The zero-order chi connectivity index (χ0) is 12.1. The molecule has 0 aromatic heterocycles. The van der Waals surface area contributed by atoms with Crippen LogP contribution < -0.4 is 5.32 Å². The van der Waals surface area contributed by atoms with E-state index in [4.69, 9.17) is 4.74 Å². The molecule has 3 heteroatoms. The fraction of sp³-hybridized carbons (Fsp3) is 0.571. The zero-order valence-electron chi connectivity index (χ0n) is 10.4. The molecule has 2 N–H and O–H groups in total. The lowest BCUT2D eigenvalue weighted by Gasteiger charge is -2.24. The number of rotatable bonds is 4. The van der Waals surface area contributed by atoms with Gasteiger partial charge in [-0.3, -0.25) is 0 Å². The van der Waals surface area contributed by atoms with Gasteiger partial charge < -0.3 is 15.2 Å². The summed E-state index contributed by atoms with van der Waals surface area (Å²) in [6.07, 6.45) is 2.42. The Labute approximate surface area is 103 Å². The highest BCUT2D eigenvalue weighted by Crippen LogP contribution is 2.19. The lowest BCUT2D eigenvalue weighted by Crippen LogP contribution is -2.30. The van der Waals surface area contributed by atoms with E-state index in [1.807, 2.05) is 18.2 Å². The number of phenolic OH excluding ortho intramolecular Hbond substituents is 1. The van der Waals surface area contributed by atoms with Crippen LogP contribution in [0.4, 0.5) is 0 Å². The maximum absolute atomic E-state index is 9.43. The minimum atomic E-state index is 0.268. The van der Waals surface area contributed by atoms with Crippen molar-refractivity contribution in [2.45, 2.75) is 25.8 Å². The van der Waals surface area contributed by atoms with E-state index in [0.717, 1.165) is 25.3 Å². The first-order chi connectivity index (χ1) is 8.25. The van der Waals surface area contributed by atoms with E-state index in [1.165, 1.54) is 12.8 Å². The van der Waals surface area contributed by atoms with Crippen molar-refractivity contribution in [1.29, 1.82) is 0 Å². The predicted octanol–water partition coefficient (Wildman–Crippen LogP) is 2.47. The second-order valence-corrected chi connectivity index (χ2v) is 4.81. The van der Waals surface area contributed by atoms with Gasteiger partial charge in [-0.15, -0.1) is 0 Å². The molecule has 1 fully saturated rings. The highest BCUT2D eigenvalue weighted by molar-refractivity contribution is 5.28. The van der Waals surface area contributed by atoms with Crippen molar-refractivity contribution in [2.24, 2.45) is 5.92 Å². The average Bonchev–Trinajstić information content (AvgIpc) is 2.37. The van der Waals surface area contributed by atoms with Gasteiger partial charge >= 0.3 is 0 Å². The molecule has 1 aromatic rings. The summed E-state index contributed by atoms with van der Waals surface area (Å²) in [7, 11) is 0. The monoisotopic (exact) mass is 235 g/mol. The van der Waals surface area contributed by atoms with Crippen LogP contribution in [0.15, 0.2) is 24.3 Å². The van der Waals surface area contributed by atoms with Crippen LogP contribution in [0.2, 0.25) is 0 Å². The second-order valence-electron chi connectivity index (χ2n) is 4.81. The maximum atomic E-state index is 9.43. The van der Waals surface area contributed by atoms with E-state index in [1.54, 1.807) is 6.07 Å². The van der Waals surface area contributed by atoms with Crippen molar-refractivity contribution in [2.75, 3.05) is 19.8 Å². The van der Waals surface area contributed by atoms with Gasteiger partial charge in [-0.2, -0.15) is 0 Å². The number of hydrogen-bond acceptors (Lipinski definition) is 3. The average molecular weight is 235 g/mol. The van der Waals surface area contributed by atoms with E-state index in [0.29, 0.717) is 11.7 Å². The Morgan fingerprint density at radius 2 is 2.41 bits per heavy atom. The molecule has 0 aliphatic carbocycles. The van der Waals surface area contributed by atoms with E-state index in [2.05, 4.69) is 12.2 Å². The third-order valence-corrected chi connectivity index (χ3v) is 3.34. The molecule has 3 nitrogen and oxygen atoms in total. The summed E-state index contributed by atoms with van der Waals surface area (Å²) in [4.78, 5) is 0. The molecular formula is C14H21NO2.